The Balaban J connectivity index is 2.19. The lowest BCUT2D eigenvalue weighted by molar-refractivity contribution is 0.260. The van der Waals surface area contributed by atoms with E-state index < -0.39 is 0 Å². The quantitative estimate of drug-likeness (QED) is 0.917. The highest BCUT2D eigenvalue weighted by atomic mass is 35.5. The average Bonchev–Trinajstić information content (AvgIpc) is 2.79. The van der Waals surface area contributed by atoms with Crippen molar-refractivity contribution in [2.24, 2.45) is 0 Å². The number of hydrogen-bond donors (Lipinski definition) is 1. The first-order chi connectivity index (χ1) is 8.20. The van der Waals surface area contributed by atoms with E-state index >= 15 is 0 Å². The van der Waals surface area contributed by atoms with Gasteiger partial charge < -0.3 is 9.84 Å². The summed E-state index contributed by atoms with van der Waals surface area (Å²) in [6, 6.07) is 7.19. The molecule has 0 fully saturated rings. The average molecular weight is 289 g/mol. The van der Waals surface area contributed by atoms with Crippen molar-refractivity contribution in [2.45, 2.75) is 13.2 Å². The van der Waals surface area contributed by atoms with Gasteiger partial charge in [0.2, 0.25) is 0 Å². The summed E-state index contributed by atoms with van der Waals surface area (Å²) in [6.07, 6.45) is 0. The molecule has 2 nitrogen and oxygen atoms in total. The van der Waals surface area contributed by atoms with Crippen LogP contribution in [-0.2, 0) is 13.2 Å². The highest BCUT2D eigenvalue weighted by Crippen LogP contribution is 2.33. The molecular weight excluding hydrogens is 279 g/mol. The minimum atomic E-state index is -0.153. The number of thiophene rings is 1. The van der Waals surface area contributed by atoms with E-state index in [0.717, 1.165) is 4.88 Å². The van der Waals surface area contributed by atoms with Gasteiger partial charge in [-0.1, -0.05) is 29.3 Å². The maximum absolute atomic E-state index is 9.23. The van der Waals surface area contributed by atoms with Gasteiger partial charge in [0.15, 0.2) is 0 Å². The highest BCUT2D eigenvalue weighted by Gasteiger charge is 2.10. The van der Waals surface area contributed by atoms with Crippen LogP contribution in [0.15, 0.2) is 29.6 Å². The first-order valence-corrected chi connectivity index (χ1v) is 6.58. The van der Waals surface area contributed by atoms with Crippen LogP contribution in [0, 0.1) is 0 Å². The largest absolute Gasteiger partial charge is 0.486 e. The molecule has 0 bridgehead atoms. The van der Waals surface area contributed by atoms with Gasteiger partial charge in [0.05, 0.1) is 11.6 Å². The molecule has 1 N–H and O–H groups in total. The van der Waals surface area contributed by atoms with Gasteiger partial charge in [-0.25, -0.2) is 0 Å². The zero-order chi connectivity index (χ0) is 12.3. The maximum Gasteiger partial charge on any atom is 0.144 e. The van der Waals surface area contributed by atoms with E-state index in [0.29, 0.717) is 28.0 Å². The van der Waals surface area contributed by atoms with Crippen molar-refractivity contribution in [3.05, 3.63) is 50.1 Å². The van der Waals surface area contributed by atoms with Crippen LogP contribution >= 0.6 is 34.5 Å². The Morgan fingerprint density at radius 2 is 2.12 bits per heavy atom. The van der Waals surface area contributed by atoms with E-state index in [1.165, 1.54) is 0 Å². The summed E-state index contributed by atoms with van der Waals surface area (Å²) in [4.78, 5) is 1.10. The number of hydrogen-bond acceptors (Lipinski definition) is 3. The Kier molecular flexibility index (Phi) is 4.29. The molecule has 1 aromatic carbocycles. The van der Waals surface area contributed by atoms with E-state index in [1.54, 1.807) is 23.5 Å². The van der Waals surface area contributed by atoms with E-state index in [9.17, 15) is 5.11 Å². The predicted molar refractivity (Wildman–Crippen MR) is 71.0 cm³/mol. The van der Waals surface area contributed by atoms with Crippen LogP contribution < -0.4 is 4.74 Å². The van der Waals surface area contributed by atoms with Crippen molar-refractivity contribution < 1.29 is 9.84 Å². The molecule has 0 aliphatic rings. The van der Waals surface area contributed by atoms with Crippen LogP contribution in [-0.4, -0.2) is 5.11 Å². The van der Waals surface area contributed by atoms with Crippen molar-refractivity contribution in [1.29, 1.82) is 0 Å². The number of benzene rings is 1. The molecule has 5 heteroatoms. The molecule has 1 heterocycles. The minimum Gasteiger partial charge on any atom is -0.486 e. The van der Waals surface area contributed by atoms with Crippen LogP contribution in [0.4, 0.5) is 0 Å². The second kappa shape index (κ2) is 5.74. The van der Waals surface area contributed by atoms with Gasteiger partial charge in [-0.3, -0.25) is 0 Å². The lowest BCUT2D eigenvalue weighted by Gasteiger charge is -2.11. The van der Waals surface area contributed by atoms with Crippen molar-refractivity contribution in [1.82, 2.24) is 0 Å². The molecule has 0 amide bonds. The van der Waals surface area contributed by atoms with E-state index in [1.807, 2.05) is 17.5 Å². The number of halogens is 2. The van der Waals surface area contributed by atoms with Crippen LogP contribution in [0.1, 0.15) is 10.4 Å². The number of aliphatic hydroxyl groups excluding tert-OH is 1. The summed E-state index contributed by atoms with van der Waals surface area (Å²) in [7, 11) is 0. The van der Waals surface area contributed by atoms with Crippen molar-refractivity contribution >= 4 is 34.5 Å². The Bertz CT molecular complexity index is 497. The summed E-state index contributed by atoms with van der Waals surface area (Å²) in [6.45, 7) is 0.284. The van der Waals surface area contributed by atoms with Gasteiger partial charge in [-0.05, 0) is 23.6 Å². The fraction of sp³-hybridized carbons (Fsp3) is 0.167. The SMILES string of the molecule is OCc1cc(Cl)cc(Cl)c1OCc1cccs1. The van der Waals surface area contributed by atoms with E-state index in [2.05, 4.69) is 0 Å². The van der Waals surface area contributed by atoms with Crippen LogP contribution in [0.25, 0.3) is 0 Å². The lowest BCUT2D eigenvalue weighted by Crippen LogP contribution is -1.98. The van der Waals surface area contributed by atoms with Gasteiger partial charge in [0, 0.05) is 15.5 Å². The minimum absolute atomic E-state index is 0.153. The second-order valence-electron chi connectivity index (χ2n) is 3.40. The third kappa shape index (κ3) is 3.13. The van der Waals surface area contributed by atoms with E-state index in [-0.39, 0.29) is 6.61 Å². The number of ether oxygens (including phenoxy) is 1. The fourth-order valence-corrected chi connectivity index (χ4v) is 2.64. The number of rotatable bonds is 4. The third-order valence-corrected chi connectivity index (χ3v) is 3.54. The van der Waals surface area contributed by atoms with Gasteiger partial charge in [0.1, 0.15) is 12.4 Å². The molecule has 2 aromatic rings. The van der Waals surface area contributed by atoms with Gasteiger partial charge in [-0.2, -0.15) is 0 Å². The van der Waals surface area contributed by atoms with Gasteiger partial charge >= 0.3 is 0 Å². The first-order valence-electron chi connectivity index (χ1n) is 4.94. The summed E-state index contributed by atoms with van der Waals surface area (Å²) in [5.41, 5.74) is 0.596. The summed E-state index contributed by atoms with van der Waals surface area (Å²) >= 11 is 13.5. The molecule has 0 unspecified atom stereocenters. The first kappa shape index (κ1) is 12.7. The zero-order valence-corrected chi connectivity index (χ0v) is 11.1. The smallest absolute Gasteiger partial charge is 0.144 e. The van der Waals surface area contributed by atoms with Crippen molar-refractivity contribution in [3.63, 3.8) is 0 Å². The highest BCUT2D eigenvalue weighted by molar-refractivity contribution is 7.09. The molecule has 0 saturated carbocycles. The lowest BCUT2D eigenvalue weighted by atomic mass is 10.2. The molecule has 0 atom stereocenters. The van der Waals surface area contributed by atoms with Gasteiger partial charge in [0.25, 0.3) is 0 Å². The molecule has 0 spiro atoms. The molecule has 1 aromatic heterocycles. The standard InChI is InChI=1S/C12H10Cl2O2S/c13-9-4-8(6-15)12(11(14)5-9)16-7-10-2-1-3-17-10/h1-5,15H,6-7H2. The zero-order valence-electron chi connectivity index (χ0n) is 8.82. The Morgan fingerprint density at radius 3 is 2.76 bits per heavy atom. The third-order valence-electron chi connectivity index (χ3n) is 2.19. The Morgan fingerprint density at radius 1 is 1.29 bits per heavy atom. The van der Waals surface area contributed by atoms with Crippen molar-refractivity contribution in [2.75, 3.05) is 0 Å². The molecule has 2 rings (SSSR count). The molecular formula is C12H10Cl2O2S. The molecule has 17 heavy (non-hydrogen) atoms. The molecule has 90 valence electrons. The summed E-state index contributed by atoms with van der Waals surface area (Å²) < 4.78 is 5.62. The summed E-state index contributed by atoms with van der Waals surface area (Å²) in [5.74, 6) is 0.493. The molecule has 0 radical (unpaired) electrons. The van der Waals surface area contributed by atoms with E-state index in [4.69, 9.17) is 27.9 Å². The van der Waals surface area contributed by atoms with Crippen LogP contribution in [0.3, 0.4) is 0 Å². The Hall–Kier alpha value is -0.740. The van der Waals surface area contributed by atoms with Crippen LogP contribution in [0.2, 0.25) is 10.0 Å². The second-order valence-corrected chi connectivity index (χ2v) is 5.28. The van der Waals surface area contributed by atoms with Gasteiger partial charge in [-0.15, -0.1) is 11.3 Å². The molecule has 0 aliphatic heterocycles. The topological polar surface area (TPSA) is 29.5 Å². The summed E-state index contributed by atoms with van der Waals surface area (Å²) in [5, 5.41) is 12.1. The van der Waals surface area contributed by atoms with Crippen LogP contribution in [0.5, 0.6) is 5.75 Å². The predicted octanol–water partition coefficient (Wildman–Crippen LogP) is 4.13. The monoisotopic (exact) mass is 288 g/mol. The normalized spacial score (nSPS) is 10.5. The van der Waals surface area contributed by atoms with Crippen molar-refractivity contribution in [3.8, 4) is 5.75 Å². The molecule has 0 saturated heterocycles. The molecule has 0 aliphatic carbocycles. The number of aliphatic hydroxyl groups is 1. The maximum atomic E-state index is 9.23. The fourth-order valence-electron chi connectivity index (χ4n) is 1.43. The Labute approximate surface area is 113 Å².